The van der Waals surface area contributed by atoms with Crippen molar-refractivity contribution in [2.45, 2.75) is 25.3 Å². The third-order valence-corrected chi connectivity index (χ3v) is 5.09. The number of aromatic nitrogens is 4. The molecule has 0 saturated carbocycles. The first-order valence-electron chi connectivity index (χ1n) is 8.60. The highest BCUT2D eigenvalue weighted by Gasteiger charge is 2.27. The molecule has 2 aromatic heterocycles. The zero-order valence-corrected chi connectivity index (χ0v) is 13.5. The van der Waals surface area contributed by atoms with E-state index < -0.39 is 0 Å². The van der Waals surface area contributed by atoms with Crippen LogP contribution in [0.1, 0.15) is 23.9 Å². The minimum Gasteiger partial charge on any atom is -0.300 e. The number of hydrogen-bond donors (Lipinski definition) is 0. The van der Waals surface area contributed by atoms with Gasteiger partial charge in [-0.05, 0) is 30.5 Å². The van der Waals surface area contributed by atoms with E-state index in [9.17, 15) is 0 Å². The van der Waals surface area contributed by atoms with E-state index >= 15 is 0 Å². The number of hydrogen-bond acceptors (Lipinski definition) is 5. The monoisotopic (exact) mass is 312 g/mol. The summed E-state index contributed by atoms with van der Waals surface area (Å²) in [6.07, 6.45) is 8.85. The van der Waals surface area contributed by atoms with Crippen molar-refractivity contribution in [2.24, 2.45) is 0 Å². The maximum Gasteiger partial charge on any atom is 0.138 e. The van der Waals surface area contributed by atoms with Crippen LogP contribution in [0.2, 0.25) is 0 Å². The van der Waals surface area contributed by atoms with Crippen LogP contribution in [0.15, 0.2) is 30.9 Å². The molecule has 4 rings (SSSR count). The van der Waals surface area contributed by atoms with Gasteiger partial charge in [-0.3, -0.25) is 9.88 Å². The highest BCUT2D eigenvalue weighted by molar-refractivity contribution is 5.10. The molecule has 1 unspecified atom stereocenters. The summed E-state index contributed by atoms with van der Waals surface area (Å²) in [6, 6.07) is 4.76. The van der Waals surface area contributed by atoms with E-state index in [0.29, 0.717) is 6.04 Å². The first-order chi connectivity index (χ1) is 11.4. The second kappa shape index (κ2) is 6.76. The Kier molecular flexibility index (Phi) is 4.35. The van der Waals surface area contributed by atoms with E-state index in [4.69, 9.17) is 0 Å². The van der Waals surface area contributed by atoms with Crippen LogP contribution in [-0.2, 0) is 12.8 Å². The summed E-state index contributed by atoms with van der Waals surface area (Å²) < 4.78 is 2.13. The fourth-order valence-electron chi connectivity index (χ4n) is 3.67. The lowest BCUT2D eigenvalue weighted by molar-refractivity contribution is 0.119. The summed E-state index contributed by atoms with van der Waals surface area (Å²) in [7, 11) is 0. The van der Waals surface area contributed by atoms with Gasteiger partial charge < -0.3 is 4.90 Å². The largest absolute Gasteiger partial charge is 0.300 e. The standard InChI is InChI=1S/C17H24N6/c1-2-17-19-14-20-23(17)16(1)13-22-11-9-21(10-12-22)8-5-15-3-6-18-7-4-15/h3-4,6-7,14,16H,1-2,5,8-13H2. The Bertz CT molecular complexity index is 617. The Morgan fingerprint density at radius 2 is 1.83 bits per heavy atom. The molecule has 0 N–H and O–H groups in total. The number of aryl methyl sites for hydroxylation is 1. The predicted octanol–water partition coefficient (Wildman–Crippen LogP) is 1.02. The summed E-state index contributed by atoms with van der Waals surface area (Å²) in [4.78, 5) is 13.6. The number of rotatable bonds is 5. The van der Waals surface area contributed by atoms with Gasteiger partial charge in [0.15, 0.2) is 0 Å². The Morgan fingerprint density at radius 3 is 2.65 bits per heavy atom. The van der Waals surface area contributed by atoms with E-state index in [0.717, 1.165) is 44.8 Å². The molecule has 0 bridgehead atoms. The molecule has 0 aliphatic carbocycles. The fourth-order valence-corrected chi connectivity index (χ4v) is 3.67. The first-order valence-corrected chi connectivity index (χ1v) is 8.60. The first kappa shape index (κ1) is 14.8. The number of nitrogens with zero attached hydrogens (tertiary/aromatic N) is 6. The summed E-state index contributed by atoms with van der Waals surface area (Å²) >= 11 is 0. The molecule has 0 spiro atoms. The average Bonchev–Trinajstić information content (AvgIpc) is 3.20. The Hall–Kier alpha value is -1.79. The summed E-state index contributed by atoms with van der Waals surface area (Å²) in [5.41, 5.74) is 1.38. The fraction of sp³-hybridized carbons (Fsp3) is 0.588. The highest BCUT2D eigenvalue weighted by Crippen LogP contribution is 2.24. The molecule has 6 nitrogen and oxygen atoms in total. The Labute approximate surface area is 137 Å². The number of pyridine rings is 1. The molecule has 6 heteroatoms. The topological polar surface area (TPSA) is 50.1 Å². The van der Waals surface area contributed by atoms with Crippen molar-refractivity contribution in [1.82, 2.24) is 29.5 Å². The average molecular weight is 312 g/mol. The zero-order chi connectivity index (χ0) is 15.5. The van der Waals surface area contributed by atoms with E-state index in [-0.39, 0.29) is 0 Å². The van der Waals surface area contributed by atoms with E-state index in [1.807, 2.05) is 12.4 Å². The smallest absolute Gasteiger partial charge is 0.138 e. The van der Waals surface area contributed by atoms with Crippen LogP contribution in [0.25, 0.3) is 0 Å². The number of piperazine rings is 1. The van der Waals surface area contributed by atoms with Gasteiger partial charge in [-0.15, -0.1) is 0 Å². The third-order valence-electron chi connectivity index (χ3n) is 5.09. The molecule has 1 saturated heterocycles. The van der Waals surface area contributed by atoms with Crippen molar-refractivity contribution in [3.05, 3.63) is 42.2 Å². The predicted molar refractivity (Wildman–Crippen MR) is 88.2 cm³/mol. The van der Waals surface area contributed by atoms with E-state index in [1.54, 1.807) is 6.33 Å². The molecule has 4 heterocycles. The molecule has 122 valence electrons. The molecule has 2 aliphatic rings. The molecule has 0 radical (unpaired) electrons. The molecule has 0 amide bonds. The second-order valence-corrected chi connectivity index (χ2v) is 6.56. The van der Waals surface area contributed by atoms with Gasteiger partial charge in [0.1, 0.15) is 12.2 Å². The molecule has 2 aliphatic heterocycles. The van der Waals surface area contributed by atoms with Crippen LogP contribution in [-0.4, -0.2) is 68.8 Å². The molecular weight excluding hydrogens is 288 g/mol. The maximum absolute atomic E-state index is 4.39. The van der Waals surface area contributed by atoms with Gasteiger partial charge in [0.25, 0.3) is 0 Å². The summed E-state index contributed by atoms with van der Waals surface area (Å²) in [5.74, 6) is 1.16. The molecule has 2 aromatic rings. The normalized spacial score (nSPS) is 22.3. The zero-order valence-electron chi connectivity index (χ0n) is 13.5. The minimum absolute atomic E-state index is 0.524. The second-order valence-electron chi connectivity index (χ2n) is 6.56. The SMILES string of the molecule is c1cc(CCN2CCN(CC3CCc4ncnn43)CC2)ccn1. The third kappa shape index (κ3) is 3.43. The molecule has 1 atom stereocenters. The van der Waals surface area contributed by atoms with Gasteiger partial charge in [0.05, 0.1) is 6.04 Å². The van der Waals surface area contributed by atoms with Crippen LogP contribution in [0, 0.1) is 0 Å². The van der Waals surface area contributed by atoms with Crippen LogP contribution >= 0.6 is 0 Å². The number of fused-ring (bicyclic) bond motifs is 1. The lowest BCUT2D eigenvalue weighted by atomic mass is 10.1. The lowest BCUT2D eigenvalue weighted by Gasteiger charge is -2.35. The molecule has 1 fully saturated rings. The van der Waals surface area contributed by atoms with Gasteiger partial charge in [-0.1, -0.05) is 0 Å². The maximum atomic E-state index is 4.39. The molecule has 0 aromatic carbocycles. The van der Waals surface area contributed by atoms with Crippen molar-refractivity contribution in [3.8, 4) is 0 Å². The molecular formula is C17H24N6. The molecule has 23 heavy (non-hydrogen) atoms. The van der Waals surface area contributed by atoms with Gasteiger partial charge in [-0.25, -0.2) is 9.67 Å². The van der Waals surface area contributed by atoms with Crippen molar-refractivity contribution in [2.75, 3.05) is 39.3 Å². The van der Waals surface area contributed by atoms with Crippen molar-refractivity contribution in [1.29, 1.82) is 0 Å². The van der Waals surface area contributed by atoms with Crippen LogP contribution < -0.4 is 0 Å². The van der Waals surface area contributed by atoms with Crippen LogP contribution in [0.5, 0.6) is 0 Å². The van der Waals surface area contributed by atoms with Crippen LogP contribution in [0.3, 0.4) is 0 Å². The van der Waals surface area contributed by atoms with E-state index in [2.05, 4.69) is 41.7 Å². The Balaban J connectivity index is 1.22. The van der Waals surface area contributed by atoms with Gasteiger partial charge in [0, 0.05) is 58.1 Å². The summed E-state index contributed by atoms with van der Waals surface area (Å²) in [5, 5.41) is 4.39. The van der Waals surface area contributed by atoms with E-state index in [1.165, 1.54) is 25.1 Å². The van der Waals surface area contributed by atoms with Crippen LogP contribution in [0.4, 0.5) is 0 Å². The summed E-state index contributed by atoms with van der Waals surface area (Å²) in [6.45, 7) is 6.93. The van der Waals surface area contributed by atoms with Gasteiger partial charge in [-0.2, -0.15) is 5.10 Å². The van der Waals surface area contributed by atoms with Gasteiger partial charge >= 0.3 is 0 Å². The highest BCUT2D eigenvalue weighted by atomic mass is 15.4. The van der Waals surface area contributed by atoms with Crippen molar-refractivity contribution >= 4 is 0 Å². The Morgan fingerprint density at radius 1 is 1.04 bits per heavy atom. The van der Waals surface area contributed by atoms with Gasteiger partial charge in [0.2, 0.25) is 0 Å². The van der Waals surface area contributed by atoms with Crippen molar-refractivity contribution in [3.63, 3.8) is 0 Å². The lowest BCUT2D eigenvalue weighted by Crippen LogP contribution is -2.48. The minimum atomic E-state index is 0.524. The van der Waals surface area contributed by atoms with Crippen molar-refractivity contribution < 1.29 is 0 Å². The quantitative estimate of drug-likeness (QED) is 0.825.